The fourth-order valence-electron chi connectivity index (χ4n) is 4.30. The molecule has 1 aliphatic rings. The molecule has 1 aliphatic heterocycles. The fraction of sp³-hybridized carbons (Fsp3) is 0.375. The molecule has 2 aromatic carbocycles. The lowest BCUT2D eigenvalue weighted by Crippen LogP contribution is -2.40. The zero-order valence-corrected chi connectivity index (χ0v) is 20.0. The number of nitrogens with one attached hydrogen (secondary N) is 1. The first-order valence-electron chi connectivity index (χ1n) is 11.1. The molecule has 0 aliphatic carbocycles. The number of fused-ring (bicyclic) bond motifs is 1. The number of anilines is 1. The van der Waals surface area contributed by atoms with E-state index in [4.69, 9.17) is 9.51 Å². The summed E-state index contributed by atoms with van der Waals surface area (Å²) in [6.07, 6.45) is 3.30. The van der Waals surface area contributed by atoms with E-state index in [0.29, 0.717) is 17.8 Å². The van der Waals surface area contributed by atoms with E-state index in [2.05, 4.69) is 90.4 Å². The SMILES string of the molecule is Cc1noc(-c2ccc(CCN3CCC(Nc4nc5cc(Br)ccc5n4C)CC3)cc2)n1. The van der Waals surface area contributed by atoms with Crippen LogP contribution in [0.5, 0.6) is 0 Å². The van der Waals surface area contributed by atoms with E-state index >= 15 is 0 Å². The van der Waals surface area contributed by atoms with Crippen LogP contribution in [0.4, 0.5) is 5.95 Å². The van der Waals surface area contributed by atoms with Gasteiger partial charge in [-0.1, -0.05) is 33.2 Å². The molecule has 0 amide bonds. The molecule has 1 N–H and O–H groups in total. The van der Waals surface area contributed by atoms with Gasteiger partial charge in [-0.3, -0.25) is 0 Å². The third-order valence-electron chi connectivity index (χ3n) is 6.21. The highest BCUT2D eigenvalue weighted by Gasteiger charge is 2.20. The largest absolute Gasteiger partial charge is 0.353 e. The van der Waals surface area contributed by atoms with Crippen molar-refractivity contribution in [3.63, 3.8) is 0 Å². The molecule has 0 spiro atoms. The summed E-state index contributed by atoms with van der Waals surface area (Å²) in [4.78, 5) is 11.6. The third-order valence-corrected chi connectivity index (χ3v) is 6.70. The van der Waals surface area contributed by atoms with Gasteiger partial charge in [-0.2, -0.15) is 4.98 Å². The maximum atomic E-state index is 5.24. The molecule has 1 fully saturated rings. The topological polar surface area (TPSA) is 72.0 Å². The molecule has 32 heavy (non-hydrogen) atoms. The second kappa shape index (κ2) is 9.03. The first-order valence-corrected chi connectivity index (χ1v) is 11.8. The Bertz CT molecular complexity index is 1210. The third kappa shape index (κ3) is 4.56. The number of nitrogens with zero attached hydrogens (tertiary/aromatic N) is 5. The Morgan fingerprint density at radius 1 is 1.09 bits per heavy atom. The minimum Gasteiger partial charge on any atom is -0.353 e. The number of benzene rings is 2. The molecule has 0 unspecified atom stereocenters. The summed E-state index contributed by atoms with van der Waals surface area (Å²) in [5.74, 6) is 2.19. The number of halogens is 1. The molecule has 3 heterocycles. The van der Waals surface area contributed by atoms with Crippen LogP contribution in [0.1, 0.15) is 24.2 Å². The zero-order chi connectivity index (χ0) is 22.1. The normalized spacial score (nSPS) is 15.5. The molecular weight excluding hydrogens is 468 g/mol. The van der Waals surface area contributed by atoms with Gasteiger partial charge in [-0.25, -0.2) is 4.98 Å². The van der Waals surface area contributed by atoms with E-state index in [9.17, 15) is 0 Å². The Labute approximate surface area is 196 Å². The van der Waals surface area contributed by atoms with Crippen molar-refractivity contribution in [2.24, 2.45) is 7.05 Å². The van der Waals surface area contributed by atoms with Crippen molar-refractivity contribution in [2.45, 2.75) is 32.2 Å². The molecular formula is C24H27BrN6O. The molecule has 0 saturated carbocycles. The molecule has 5 rings (SSSR count). The van der Waals surface area contributed by atoms with Crippen molar-refractivity contribution in [2.75, 3.05) is 25.0 Å². The molecule has 1 saturated heterocycles. The number of aromatic nitrogens is 4. The number of aryl methyl sites for hydroxylation is 2. The van der Waals surface area contributed by atoms with Gasteiger partial charge in [0.05, 0.1) is 11.0 Å². The smallest absolute Gasteiger partial charge is 0.257 e. The highest BCUT2D eigenvalue weighted by Crippen LogP contribution is 2.24. The van der Waals surface area contributed by atoms with Crippen LogP contribution in [0.15, 0.2) is 51.5 Å². The minimum atomic E-state index is 0.461. The predicted molar refractivity (Wildman–Crippen MR) is 130 cm³/mol. The molecule has 4 aromatic rings. The number of likely N-dealkylation sites (tertiary alicyclic amines) is 1. The van der Waals surface area contributed by atoms with Gasteiger partial charge >= 0.3 is 0 Å². The van der Waals surface area contributed by atoms with Crippen LogP contribution >= 0.6 is 15.9 Å². The van der Waals surface area contributed by atoms with E-state index in [1.807, 2.05) is 6.92 Å². The lowest BCUT2D eigenvalue weighted by atomic mass is 10.0. The number of rotatable bonds is 6. The lowest BCUT2D eigenvalue weighted by molar-refractivity contribution is 0.221. The number of hydrogen-bond donors (Lipinski definition) is 1. The summed E-state index contributed by atoms with van der Waals surface area (Å²) in [5.41, 5.74) is 4.46. The zero-order valence-electron chi connectivity index (χ0n) is 18.4. The van der Waals surface area contributed by atoms with Crippen molar-refractivity contribution in [1.82, 2.24) is 24.6 Å². The predicted octanol–water partition coefficient (Wildman–Crippen LogP) is 4.81. The van der Waals surface area contributed by atoms with Gasteiger partial charge in [0, 0.05) is 42.8 Å². The van der Waals surface area contributed by atoms with Gasteiger partial charge in [-0.15, -0.1) is 0 Å². The van der Waals surface area contributed by atoms with Crippen molar-refractivity contribution in [3.05, 3.63) is 58.3 Å². The van der Waals surface area contributed by atoms with Gasteiger partial charge in [-0.05, 0) is 62.1 Å². The summed E-state index contributed by atoms with van der Waals surface area (Å²) >= 11 is 3.53. The Kier molecular flexibility index (Phi) is 5.97. The highest BCUT2D eigenvalue weighted by atomic mass is 79.9. The van der Waals surface area contributed by atoms with Crippen molar-refractivity contribution in [3.8, 4) is 11.5 Å². The van der Waals surface area contributed by atoms with Gasteiger partial charge in [0.1, 0.15) is 0 Å². The van der Waals surface area contributed by atoms with Crippen LogP contribution in [0, 0.1) is 6.92 Å². The summed E-state index contributed by atoms with van der Waals surface area (Å²) in [5, 5.41) is 7.53. The van der Waals surface area contributed by atoms with E-state index < -0.39 is 0 Å². The maximum absolute atomic E-state index is 5.24. The quantitative estimate of drug-likeness (QED) is 0.414. The molecule has 2 aromatic heterocycles. The maximum Gasteiger partial charge on any atom is 0.257 e. The molecule has 8 heteroatoms. The Morgan fingerprint density at radius 3 is 2.59 bits per heavy atom. The summed E-state index contributed by atoms with van der Waals surface area (Å²) in [7, 11) is 2.08. The van der Waals surface area contributed by atoms with E-state index in [-0.39, 0.29) is 0 Å². The average molecular weight is 495 g/mol. The summed E-state index contributed by atoms with van der Waals surface area (Å²) < 4.78 is 8.45. The second-order valence-electron chi connectivity index (χ2n) is 8.48. The van der Waals surface area contributed by atoms with Gasteiger partial charge in [0.15, 0.2) is 5.82 Å². The number of hydrogen-bond acceptors (Lipinski definition) is 6. The summed E-state index contributed by atoms with van der Waals surface area (Å²) in [6, 6.07) is 15.1. The van der Waals surface area contributed by atoms with Crippen molar-refractivity contribution in [1.29, 1.82) is 0 Å². The molecule has 7 nitrogen and oxygen atoms in total. The lowest BCUT2D eigenvalue weighted by Gasteiger charge is -2.32. The van der Waals surface area contributed by atoms with Crippen LogP contribution in [-0.4, -0.2) is 50.3 Å². The van der Waals surface area contributed by atoms with Crippen LogP contribution in [0.3, 0.4) is 0 Å². The van der Waals surface area contributed by atoms with E-state index in [0.717, 1.165) is 65.9 Å². The van der Waals surface area contributed by atoms with Crippen LogP contribution in [-0.2, 0) is 13.5 Å². The monoisotopic (exact) mass is 494 g/mol. The fourth-order valence-corrected chi connectivity index (χ4v) is 4.65. The second-order valence-corrected chi connectivity index (χ2v) is 9.40. The van der Waals surface area contributed by atoms with Crippen LogP contribution in [0.2, 0.25) is 0 Å². The van der Waals surface area contributed by atoms with Gasteiger partial charge in [0.25, 0.3) is 5.89 Å². The molecule has 0 radical (unpaired) electrons. The average Bonchev–Trinajstić information content (AvgIpc) is 3.36. The Morgan fingerprint density at radius 2 is 1.88 bits per heavy atom. The molecule has 0 atom stereocenters. The Balaban J connectivity index is 1.12. The minimum absolute atomic E-state index is 0.461. The van der Waals surface area contributed by atoms with Crippen LogP contribution < -0.4 is 5.32 Å². The van der Waals surface area contributed by atoms with Crippen LogP contribution in [0.25, 0.3) is 22.5 Å². The van der Waals surface area contributed by atoms with E-state index in [1.54, 1.807) is 0 Å². The first kappa shape index (κ1) is 21.2. The number of imidazole rings is 1. The van der Waals surface area contributed by atoms with Crippen molar-refractivity contribution < 1.29 is 4.52 Å². The molecule has 0 bridgehead atoms. The van der Waals surface area contributed by atoms with Crippen molar-refractivity contribution >= 4 is 32.9 Å². The Hall–Kier alpha value is -2.71. The summed E-state index contributed by atoms with van der Waals surface area (Å²) in [6.45, 7) is 5.11. The number of piperidine rings is 1. The van der Waals surface area contributed by atoms with Gasteiger partial charge < -0.3 is 19.3 Å². The van der Waals surface area contributed by atoms with Gasteiger partial charge in [0.2, 0.25) is 5.95 Å². The highest BCUT2D eigenvalue weighted by molar-refractivity contribution is 9.10. The standard InChI is InChI=1S/C24H27BrN6O/c1-16-26-23(32-29-16)18-5-3-17(4-6-18)9-12-31-13-10-20(11-14-31)27-24-28-21-15-19(25)7-8-22(21)30(24)2/h3-8,15,20H,9-14H2,1-2H3,(H,27,28). The molecule has 166 valence electrons. The van der Waals surface area contributed by atoms with E-state index in [1.165, 1.54) is 5.56 Å². The first-order chi connectivity index (χ1) is 15.5.